The molecule has 3 aromatic carbocycles. The zero-order chi connectivity index (χ0) is 25.7. The minimum Gasteiger partial charge on any atom is -0.350 e. The number of halogens is 1. The SMILES string of the molecule is CCCCc1ccc(N2C(=O)C(Cl)=C(Nc3cccc(C(=O)NC(C)c4ccccc4)c3)C2=O)cc1. The highest BCUT2D eigenvalue weighted by Crippen LogP contribution is 2.30. The number of carbonyl (C=O) groups is 3. The van der Waals surface area contributed by atoms with Crippen LogP contribution < -0.4 is 15.5 Å². The van der Waals surface area contributed by atoms with Crippen LogP contribution in [-0.2, 0) is 16.0 Å². The largest absolute Gasteiger partial charge is 0.350 e. The van der Waals surface area contributed by atoms with Crippen LogP contribution in [0.25, 0.3) is 0 Å². The summed E-state index contributed by atoms with van der Waals surface area (Å²) in [6.07, 6.45) is 3.11. The Bertz CT molecular complexity index is 1300. The number of anilines is 2. The summed E-state index contributed by atoms with van der Waals surface area (Å²) in [6.45, 7) is 4.04. The van der Waals surface area contributed by atoms with E-state index in [9.17, 15) is 14.4 Å². The van der Waals surface area contributed by atoms with Crippen molar-refractivity contribution >= 4 is 40.7 Å². The lowest BCUT2D eigenvalue weighted by atomic mass is 10.1. The third-order valence-electron chi connectivity index (χ3n) is 6.08. The number of hydrogen-bond donors (Lipinski definition) is 2. The second-order valence-electron chi connectivity index (χ2n) is 8.72. The molecule has 2 N–H and O–H groups in total. The average Bonchev–Trinajstić information content (AvgIpc) is 3.11. The van der Waals surface area contributed by atoms with E-state index in [0.717, 1.165) is 35.3 Å². The monoisotopic (exact) mass is 501 g/mol. The molecule has 0 bridgehead atoms. The number of hydrogen-bond acceptors (Lipinski definition) is 4. The normalized spacial score (nSPS) is 14.2. The average molecular weight is 502 g/mol. The summed E-state index contributed by atoms with van der Waals surface area (Å²) in [5, 5.41) is 5.72. The third kappa shape index (κ3) is 5.50. The van der Waals surface area contributed by atoms with Crippen LogP contribution in [0, 0.1) is 0 Å². The van der Waals surface area contributed by atoms with Gasteiger partial charge in [0.25, 0.3) is 17.7 Å². The quantitative estimate of drug-likeness (QED) is 0.355. The van der Waals surface area contributed by atoms with Gasteiger partial charge in [0.2, 0.25) is 0 Å². The molecule has 0 saturated carbocycles. The molecule has 0 radical (unpaired) electrons. The van der Waals surface area contributed by atoms with Gasteiger partial charge in [0.05, 0.1) is 11.7 Å². The summed E-state index contributed by atoms with van der Waals surface area (Å²) in [7, 11) is 0. The van der Waals surface area contributed by atoms with Gasteiger partial charge in [0, 0.05) is 11.3 Å². The molecule has 36 heavy (non-hydrogen) atoms. The van der Waals surface area contributed by atoms with Crippen molar-refractivity contribution in [3.8, 4) is 0 Å². The highest BCUT2D eigenvalue weighted by molar-refractivity contribution is 6.53. The molecular formula is C29H28ClN3O3. The Kier molecular flexibility index (Phi) is 7.86. The maximum absolute atomic E-state index is 13.1. The Hall–Kier alpha value is -3.90. The number of imide groups is 1. The lowest BCUT2D eigenvalue weighted by molar-refractivity contribution is -0.120. The van der Waals surface area contributed by atoms with Crippen molar-refractivity contribution in [2.75, 3.05) is 10.2 Å². The van der Waals surface area contributed by atoms with E-state index in [-0.39, 0.29) is 22.7 Å². The molecule has 0 spiro atoms. The maximum Gasteiger partial charge on any atom is 0.283 e. The highest BCUT2D eigenvalue weighted by Gasteiger charge is 2.39. The molecule has 1 atom stereocenters. The fraction of sp³-hybridized carbons (Fsp3) is 0.207. The molecule has 0 saturated heterocycles. The molecule has 1 unspecified atom stereocenters. The Morgan fingerprint density at radius 2 is 1.67 bits per heavy atom. The van der Waals surface area contributed by atoms with Gasteiger partial charge in [0.15, 0.2) is 0 Å². The molecule has 3 aromatic rings. The predicted molar refractivity (Wildman–Crippen MR) is 143 cm³/mol. The van der Waals surface area contributed by atoms with E-state index < -0.39 is 11.8 Å². The zero-order valence-electron chi connectivity index (χ0n) is 20.3. The van der Waals surface area contributed by atoms with Crippen LogP contribution in [0.1, 0.15) is 54.2 Å². The number of nitrogens with one attached hydrogen (secondary N) is 2. The van der Waals surface area contributed by atoms with Gasteiger partial charge >= 0.3 is 0 Å². The summed E-state index contributed by atoms with van der Waals surface area (Å²) in [6, 6.07) is 23.5. The molecule has 0 aromatic heterocycles. The van der Waals surface area contributed by atoms with Crippen molar-refractivity contribution in [2.24, 2.45) is 0 Å². The first-order valence-electron chi connectivity index (χ1n) is 12.0. The molecule has 3 amide bonds. The number of rotatable bonds is 9. The van der Waals surface area contributed by atoms with Gasteiger partial charge in [-0.1, -0.05) is 73.5 Å². The molecule has 0 fully saturated rings. The van der Waals surface area contributed by atoms with Crippen LogP contribution >= 0.6 is 11.6 Å². The number of benzene rings is 3. The van der Waals surface area contributed by atoms with Gasteiger partial charge < -0.3 is 10.6 Å². The fourth-order valence-electron chi connectivity index (χ4n) is 4.03. The van der Waals surface area contributed by atoms with Gasteiger partial charge in [-0.25, -0.2) is 4.90 Å². The van der Waals surface area contributed by atoms with E-state index in [1.165, 1.54) is 0 Å². The maximum atomic E-state index is 13.1. The fourth-order valence-corrected chi connectivity index (χ4v) is 4.24. The standard InChI is InChI=1S/C29H28ClN3O3/c1-3-4-9-20-14-16-24(17-15-20)33-28(35)25(30)26(29(33)36)32-23-13-8-12-22(18-23)27(34)31-19(2)21-10-6-5-7-11-21/h5-8,10-19,32H,3-4,9H2,1-2H3,(H,31,34). The van der Waals surface area contributed by atoms with Gasteiger partial charge in [0.1, 0.15) is 10.7 Å². The Morgan fingerprint density at radius 1 is 0.944 bits per heavy atom. The summed E-state index contributed by atoms with van der Waals surface area (Å²) in [5.41, 5.74) is 3.46. The van der Waals surface area contributed by atoms with E-state index >= 15 is 0 Å². The third-order valence-corrected chi connectivity index (χ3v) is 6.43. The first-order chi connectivity index (χ1) is 17.4. The molecule has 1 heterocycles. The minimum absolute atomic E-state index is 0.0214. The van der Waals surface area contributed by atoms with Crippen LogP contribution in [0.2, 0.25) is 0 Å². The Morgan fingerprint density at radius 3 is 2.36 bits per heavy atom. The lowest BCUT2D eigenvalue weighted by Gasteiger charge is -2.16. The molecular weight excluding hydrogens is 474 g/mol. The van der Waals surface area contributed by atoms with Crippen molar-refractivity contribution in [3.63, 3.8) is 0 Å². The number of aryl methyl sites for hydroxylation is 1. The minimum atomic E-state index is -0.587. The van der Waals surface area contributed by atoms with Gasteiger partial charge in [-0.3, -0.25) is 14.4 Å². The van der Waals surface area contributed by atoms with Crippen LogP contribution in [-0.4, -0.2) is 17.7 Å². The molecule has 7 heteroatoms. The first-order valence-corrected chi connectivity index (χ1v) is 12.4. The second-order valence-corrected chi connectivity index (χ2v) is 9.09. The van der Waals surface area contributed by atoms with Crippen molar-refractivity contribution in [1.29, 1.82) is 0 Å². The lowest BCUT2D eigenvalue weighted by Crippen LogP contribution is -2.32. The first kappa shape index (κ1) is 25.2. The summed E-state index contributed by atoms with van der Waals surface area (Å²) in [5.74, 6) is -1.39. The number of carbonyl (C=O) groups excluding carboxylic acids is 3. The van der Waals surface area contributed by atoms with Gasteiger partial charge in [-0.15, -0.1) is 0 Å². The van der Waals surface area contributed by atoms with Gasteiger partial charge in [-0.05, 0) is 61.2 Å². The second kappa shape index (κ2) is 11.2. The summed E-state index contributed by atoms with van der Waals surface area (Å²) < 4.78 is 0. The van der Waals surface area contributed by atoms with E-state index in [0.29, 0.717) is 16.9 Å². The van der Waals surface area contributed by atoms with Crippen LogP contribution in [0.5, 0.6) is 0 Å². The van der Waals surface area contributed by atoms with Crippen molar-refractivity contribution in [2.45, 2.75) is 39.2 Å². The van der Waals surface area contributed by atoms with E-state index in [1.54, 1.807) is 36.4 Å². The van der Waals surface area contributed by atoms with E-state index in [4.69, 9.17) is 11.6 Å². The van der Waals surface area contributed by atoms with E-state index in [1.807, 2.05) is 49.4 Å². The van der Waals surface area contributed by atoms with Crippen molar-refractivity contribution < 1.29 is 14.4 Å². The molecule has 184 valence electrons. The molecule has 4 rings (SSSR count). The van der Waals surface area contributed by atoms with Crippen LogP contribution in [0.4, 0.5) is 11.4 Å². The van der Waals surface area contributed by atoms with Crippen molar-refractivity contribution in [3.05, 3.63) is 106 Å². The zero-order valence-corrected chi connectivity index (χ0v) is 21.0. The summed E-state index contributed by atoms with van der Waals surface area (Å²) in [4.78, 5) is 39.8. The number of amides is 3. The van der Waals surface area contributed by atoms with E-state index in [2.05, 4.69) is 17.6 Å². The van der Waals surface area contributed by atoms with Crippen molar-refractivity contribution in [1.82, 2.24) is 5.32 Å². The van der Waals surface area contributed by atoms with Crippen LogP contribution in [0.3, 0.4) is 0 Å². The Labute approximate surface area is 216 Å². The smallest absolute Gasteiger partial charge is 0.283 e. The summed E-state index contributed by atoms with van der Waals surface area (Å²) >= 11 is 6.28. The topological polar surface area (TPSA) is 78.5 Å². The number of nitrogens with zero attached hydrogens (tertiary/aromatic N) is 1. The van der Waals surface area contributed by atoms with Gasteiger partial charge in [-0.2, -0.15) is 0 Å². The molecule has 1 aliphatic rings. The molecule has 0 aliphatic carbocycles. The van der Waals surface area contributed by atoms with Crippen LogP contribution in [0.15, 0.2) is 89.6 Å². The molecule has 1 aliphatic heterocycles. The number of unbranched alkanes of at least 4 members (excludes halogenated alkanes) is 1. The predicted octanol–water partition coefficient (Wildman–Crippen LogP) is 5.96. The highest BCUT2D eigenvalue weighted by atomic mass is 35.5. The Balaban J connectivity index is 1.47. The molecule has 6 nitrogen and oxygen atoms in total.